The fourth-order valence-electron chi connectivity index (χ4n) is 2.64. The van der Waals surface area contributed by atoms with Crippen molar-refractivity contribution in [2.24, 2.45) is 0 Å². The summed E-state index contributed by atoms with van der Waals surface area (Å²) < 4.78 is 39.9. The van der Waals surface area contributed by atoms with Crippen LogP contribution in [-0.2, 0) is 10.0 Å². The maximum atomic E-state index is 13.1. The summed E-state index contributed by atoms with van der Waals surface area (Å²) in [6, 6.07) is 3.35. The zero-order valence-electron chi connectivity index (χ0n) is 11.3. The summed E-state index contributed by atoms with van der Waals surface area (Å²) in [5, 5.41) is 0. The van der Waals surface area contributed by atoms with E-state index in [-0.39, 0.29) is 23.2 Å². The van der Waals surface area contributed by atoms with Gasteiger partial charge in [0.05, 0.1) is 5.69 Å². The van der Waals surface area contributed by atoms with Crippen LogP contribution in [0.2, 0.25) is 0 Å². The molecule has 1 aliphatic rings. The van der Waals surface area contributed by atoms with Crippen molar-refractivity contribution in [1.29, 1.82) is 0 Å². The van der Waals surface area contributed by atoms with Gasteiger partial charge in [-0.1, -0.05) is 18.9 Å². The molecule has 2 N–H and O–H groups in total. The molecule has 1 fully saturated rings. The van der Waals surface area contributed by atoms with Gasteiger partial charge in [0.25, 0.3) is 0 Å². The van der Waals surface area contributed by atoms with Gasteiger partial charge in [-0.2, -0.15) is 4.31 Å². The summed E-state index contributed by atoms with van der Waals surface area (Å²) in [6.07, 6.45) is 5.29. The Morgan fingerprint density at radius 3 is 2.60 bits per heavy atom. The number of hydrogen-bond donors (Lipinski definition) is 1. The molecule has 0 aromatic heterocycles. The summed E-state index contributed by atoms with van der Waals surface area (Å²) in [5.41, 5.74) is 5.61. The Labute approximate surface area is 119 Å². The fraction of sp³-hybridized carbons (Fsp3) is 0.429. The van der Waals surface area contributed by atoms with Crippen LogP contribution in [0.3, 0.4) is 0 Å². The number of sulfonamides is 1. The van der Waals surface area contributed by atoms with Gasteiger partial charge in [-0.05, 0) is 31.0 Å². The number of nitrogens with two attached hydrogens (primary N) is 1. The smallest absolute Gasteiger partial charge is 0.245 e. The fourth-order valence-corrected chi connectivity index (χ4v) is 4.40. The van der Waals surface area contributed by atoms with Gasteiger partial charge in [-0.15, -0.1) is 6.58 Å². The molecule has 0 bridgehead atoms. The molecule has 110 valence electrons. The highest BCUT2D eigenvalue weighted by Crippen LogP contribution is 2.30. The predicted octanol–water partition coefficient (Wildman–Crippen LogP) is 2.53. The summed E-state index contributed by atoms with van der Waals surface area (Å²) in [5.74, 6) is -0.544. The van der Waals surface area contributed by atoms with E-state index in [9.17, 15) is 12.8 Å². The summed E-state index contributed by atoms with van der Waals surface area (Å²) in [6.45, 7) is 3.86. The van der Waals surface area contributed by atoms with Crippen molar-refractivity contribution in [2.75, 3.05) is 12.3 Å². The van der Waals surface area contributed by atoms with E-state index in [1.54, 1.807) is 6.08 Å². The quantitative estimate of drug-likeness (QED) is 0.671. The van der Waals surface area contributed by atoms with Crippen molar-refractivity contribution >= 4 is 15.7 Å². The number of hydrogen-bond acceptors (Lipinski definition) is 3. The minimum Gasteiger partial charge on any atom is -0.398 e. The minimum absolute atomic E-state index is 0.0255. The molecule has 4 nitrogen and oxygen atoms in total. The van der Waals surface area contributed by atoms with Crippen LogP contribution in [0, 0.1) is 5.82 Å². The van der Waals surface area contributed by atoms with Crippen molar-refractivity contribution in [3.05, 3.63) is 36.7 Å². The van der Waals surface area contributed by atoms with E-state index in [1.807, 2.05) is 0 Å². The van der Waals surface area contributed by atoms with Crippen molar-refractivity contribution in [3.63, 3.8) is 0 Å². The number of halogens is 1. The van der Waals surface area contributed by atoms with Gasteiger partial charge in [0.1, 0.15) is 10.7 Å². The van der Waals surface area contributed by atoms with Gasteiger partial charge in [0.2, 0.25) is 10.0 Å². The molecule has 0 heterocycles. The van der Waals surface area contributed by atoms with Gasteiger partial charge in [-0.3, -0.25) is 0 Å². The van der Waals surface area contributed by atoms with Gasteiger partial charge < -0.3 is 5.73 Å². The highest BCUT2D eigenvalue weighted by Gasteiger charge is 2.33. The zero-order valence-corrected chi connectivity index (χ0v) is 12.1. The highest BCUT2D eigenvalue weighted by atomic mass is 32.2. The number of anilines is 1. The average molecular weight is 298 g/mol. The average Bonchev–Trinajstić information content (AvgIpc) is 2.88. The SMILES string of the molecule is C=CCN(C1CCCC1)S(=O)(=O)c1ccc(F)cc1N. The molecule has 0 amide bonds. The second kappa shape index (κ2) is 5.93. The first-order valence-corrected chi connectivity index (χ1v) is 8.08. The number of rotatable bonds is 5. The number of benzene rings is 1. The van der Waals surface area contributed by atoms with Crippen molar-refractivity contribution in [3.8, 4) is 0 Å². The lowest BCUT2D eigenvalue weighted by molar-refractivity contribution is 0.348. The molecule has 0 radical (unpaired) electrons. The molecule has 1 saturated carbocycles. The Kier molecular flexibility index (Phi) is 4.45. The number of nitrogen functional groups attached to an aromatic ring is 1. The molecular weight excluding hydrogens is 279 g/mol. The molecule has 20 heavy (non-hydrogen) atoms. The van der Waals surface area contributed by atoms with Gasteiger partial charge in [-0.25, -0.2) is 12.8 Å². The topological polar surface area (TPSA) is 63.4 Å². The Hall–Kier alpha value is -1.40. The van der Waals surface area contributed by atoms with E-state index in [0.29, 0.717) is 0 Å². The Morgan fingerprint density at radius 1 is 1.40 bits per heavy atom. The van der Waals surface area contributed by atoms with E-state index >= 15 is 0 Å². The summed E-state index contributed by atoms with van der Waals surface area (Å²) in [7, 11) is -3.72. The second-order valence-electron chi connectivity index (χ2n) is 4.98. The Bertz CT molecular complexity index is 595. The third-order valence-corrected chi connectivity index (χ3v) is 5.59. The standard InChI is InChI=1S/C14H19FN2O2S/c1-2-9-17(12-5-3-4-6-12)20(18,19)14-8-7-11(15)10-13(14)16/h2,7-8,10,12H,1,3-6,9,16H2. The molecule has 1 aromatic carbocycles. The van der Waals surface area contributed by atoms with E-state index in [0.717, 1.165) is 37.8 Å². The van der Waals surface area contributed by atoms with Crippen LogP contribution in [0.5, 0.6) is 0 Å². The second-order valence-corrected chi connectivity index (χ2v) is 6.84. The van der Waals surface area contributed by atoms with Crippen molar-refractivity contribution in [2.45, 2.75) is 36.6 Å². The minimum atomic E-state index is -3.72. The Morgan fingerprint density at radius 2 is 2.05 bits per heavy atom. The lowest BCUT2D eigenvalue weighted by Gasteiger charge is -2.27. The van der Waals surface area contributed by atoms with E-state index in [2.05, 4.69) is 6.58 Å². The van der Waals surface area contributed by atoms with Crippen LogP contribution in [0.4, 0.5) is 10.1 Å². The summed E-state index contributed by atoms with van der Waals surface area (Å²) in [4.78, 5) is -0.0346. The summed E-state index contributed by atoms with van der Waals surface area (Å²) >= 11 is 0. The molecule has 0 saturated heterocycles. The lowest BCUT2D eigenvalue weighted by Crippen LogP contribution is -2.39. The first-order valence-electron chi connectivity index (χ1n) is 6.64. The zero-order chi connectivity index (χ0) is 14.8. The maximum absolute atomic E-state index is 13.1. The molecule has 6 heteroatoms. The van der Waals surface area contributed by atoms with E-state index in [1.165, 1.54) is 10.4 Å². The third-order valence-electron chi connectivity index (χ3n) is 3.60. The molecule has 0 aliphatic heterocycles. The molecule has 1 aliphatic carbocycles. The molecule has 1 aromatic rings. The van der Waals surface area contributed by atoms with Crippen molar-refractivity contribution in [1.82, 2.24) is 4.31 Å². The normalized spacial score (nSPS) is 16.7. The lowest BCUT2D eigenvalue weighted by atomic mass is 10.2. The van der Waals surface area contributed by atoms with Crippen LogP contribution < -0.4 is 5.73 Å². The Balaban J connectivity index is 2.41. The first kappa shape index (κ1) is 15.0. The van der Waals surface area contributed by atoms with Gasteiger partial charge >= 0.3 is 0 Å². The monoisotopic (exact) mass is 298 g/mol. The first-order chi connectivity index (χ1) is 9.46. The molecule has 0 spiro atoms. The van der Waals surface area contributed by atoms with E-state index < -0.39 is 15.8 Å². The maximum Gasteiger partial charge on any atom is 0.245 e. The van der Waals surface area contributed by atoms with Crippen LogP contribution >= 0.6 is 0 Å². The van der Waals surface area contributed by atoms with Crippen LogP contribution in [-0.4, -0.2) is 25.3 Å². The van der Waals surface area contributed by atoms with Gasteiger partial charge in [0, 0.05) is 12.6 Å². The molecule has 0 atom stereocenters. The molecule has 2 rings (SSSR count). The molecule has 0 unspecified atom stereocenters. The van der Waals surface area contributed by atoms with Crippen LogP contribution in [0.1, 0.15) is 25.7 Å². The van der Waals surface area contributed by atoms with Crippen molar-refractivity contribution < 1.29 is 12.8 Å². The van der Waals surface area contributed by atoms with Gasteiger partial charge in [0.15, 0.2) is 0 Å². The third kappa shape index (κ3) is 2.86. The largest absolute Gasteiger partial charge is 0.398 e. The predicted molar refractivity (Wildman–Crippen MR) is 77.2 cm³/mol. The van der Waals surface area contributed by atoms with Crippen LogP contribution in [0.25, 0.3) is 0 Å². The van der Waals surface area contributed by atoms with E-state index in [4.69, 9.17) is 5.73 Å². The number of nitrogens with zero attached hydrogens (tertiary/aromatic N) is 1. The van der Waals surface area contributed by atoms with Crippen LogP contribution in [0.15, 0.2) is 35.7 Å². The highest BCUT2D eigenvalue weighted by molar-refractivity contribution is 7.89. The molecular formula is C14H19FN2O2S.